The van der Waals surface area contributed by atoms with Crippen molar-refractivity contribution in [1.82, 2.24) is 25.3 Å². The Labute approximate surface area is 168 Å². The fraction of sp³-hybridized carbons (Fsp3) is 0.381. The number of aryl methyl sites for hydroxylation is 1. The van der Waals surface area contributed by atoms with E-state index >= 15 is 0 Å². The number of piperidine rings is 1. The van der Waals surface area contributed by atoms with E-state index < -0.39 is 5.91 Å². The smallest absolute Gasteiger partial charge is 0.277 e. The van der Waals surface area contributed by atoms with Gasteiger partial charge in [-0.05, 0) is 41.8 Å². The third kappa shape index (κ3) is 3.24. The van der Waals surface area contributed by atoms with Crippen LogP contribution in [-0.2, 0) is 13.6 Å². The van der Waals surface area contributed by atoms with Crippen molar-refractivity contribution in [3.05, 3.63) is 54.0 Å². The van der Waals surface area contributed by atoms with Crippen molar-refractivity contribution < 1.29 is 10.0 Å². The van der Waals surface area contributed by atoms with Crippen LogP contribution in [-0.4, -0.2) is 45.3 Å². The number of rotatable bonds is 6. The average molecular weight is 392 g/mol. The highest BCUT2D eigenvalue weighted by Gasteiger charge is 2.55. The number of carbonyl (C=O) groups excluding carboxylic acids is 1. The zero-order chi connectivity index (χ0) is 20.0. The van der Waals surface area contributed by atoms with Gasteiger partial charge >= 0.3 is 0 Å². The van der Waals surface area contributed by atoms with E-state index in [1.807, 2.05) is 0 Å². The van der Waals surface area contributed by atoms with Crippen LogP contribution in [0, 0.1) is 17.8 Å². The van der Waals surface area contributed by atoms with Crippen LogP contribution in [0.4, 0.5) is 5.95 Å². The molecule has 3 aromatic rings. The molecule has 8 heteroatoms. The molecule has 2 fully saturated rings. The van der Waals surface area contributed by atoms with Crippen LogP contribution in [0.15, 0.2) is 42.7 Å². The number of hydroxylamine groups is 1. The molecule has 1 aromatic carbocycles. The zero-order valence-corrected chi connectivity index (χ0v) is 16.2. The van der Waals surface area contributed by atoms with Crippen LogP contribution >= 0.6 is 0 Å². The second-order valence-corrected chi connectivity index (χ2v) is 7.99. The minimum absolute atomic E-state index is 0.246. The highest BCUT2D eigenvalue weighted by Crippen LogP contribution is 2.51. The summed E-state index contributed by atoms with van der Waals surface area (Å²) in [5, 5.41) is 13.6. The Morgan fingerprint density at radius 1 is 1.21 bits per heavy atom. The highest BCUT2D eigenvalue weighted by molar-refractivity contribution is 5.92. The van der Waals surface area contributed by atoms with E-state index in [9.17, 15) is 4.79 Å². The summed E-state index contributed by atoms with van der Waals surface area (Å²) in [6.45, 7) is 3.82. The molecule has 150 valence electrons. The first-order chi connectivity index (χ1) is 14.2. The van der Waals surface area contributed by atoms with Crippen molar-refractivity contribution in [3.63, 3.8) is 0 Å². The fourth-order valence-corrected chi connectivity index (χ4v) is 4.66. The number of hydrogen-bond acceptors (Lipinski definition) is 6. The summed E-state index contributed by atoms with van der Waals surface area (Å²) in [5.74, 6) is 2.12. The molecule has 5 rings (SSSR count). The molecule has 29 heavy (non-hydrogen) atoms. The van der Waals surface area contributed by atoms with Crippen LogP contribution in [0.2, 0.25) is 0 Å². The molecule has 1 saturated carbocycles. The molecule has 3 N–H and O–H groups in total. The molecule has 3 heterocycles. The topological polar surface area (TPSA) is 95.3 Å². The Bertz CT molecular complexity index is 1040. The zero-order valence-electron chi connectivity index (χ0n) is 16.2. The van der Waals surface area contributed by atoms with E-state index in [2.05, 4.69) is 62.1 Å². The first-order valence-corrected chi connectivity index (χ1v) is 9.91. The SMILES string of the molecule is Cn1c(CNCC2C3CN(c4ncc(C(=O)NO)cn4)CC23)cc2ccccc21. The average Bonchev–Trinajstić information content (AvgIpc) is 3.08. The maximum atomic E-state index is 11.4. The number of benzene rings is 1. The Morgan fingerprint density at radius 2 is 1.93 bits per heavy atom. The lowest BCUT2D eigenvalue weighted by atomic mass is 10.2. The lowest BCUT2D eigenvalue weighted by Crippen LogP contribution is -2.29. The maximum Gasteiger partial charge on any atom is 0.277 e. The molecule has 8 nitrogen and oxygen atoms in total. The minimum Gasteiger partial charge on any atom is -0.346 e. The van der Waals surface area contributed by atoms with Crippen molar-refractivity contribution in [2.45, 2.75) is 6.54 Å². The van der Waals surface area contributed by atoms with E-state index in [0.717, 1.165) is 26.2 Å². The van der Waals surface area contributed by atoms with E-state index in [1.54, 1.807) is 5.48 Å². The third-order valence-electron chi connectivity index (χ3n) is 6.39. The van der Waals surface area contributed by atoms with E-state index in [1.165, 1.54) is 29.0 Å². The predicted octanol–water partition coefficient (Wildman–Crippen LogP) is 1.56. The first-order valence-electron chi connectivity index (χ1n) is 9.91. The van der Waals surface area contributed by atoms with Crippen LogP contribution in [0.1, 0.15) is 16.1 Å². The molecule has 2 aromatic heterocycles. The van der Waals surface area contributed by atoms with Crippen LogP contribution < -0.4 is 15.7 Å². The van der Waals surface area contributed by atoms with Crippen molar-refractivity contribution in [2.75, 3.05) is 24.5 Å². The van der Waals surface area contributed by atoms with Gasteiger partial charge in [-0.3, -0.25) is 10.0 Å². The van der Waals surface area contributed by atoms with Gasteiger partial charge in [0.2, 0.25) is 5.95 Å². The van der Waals surface area contributed by atoms with Gasteiger partial charge in [-0.15, -0.1) is 0 Å². The number of nitrogens with one attached hydrogen (secondary N) is 2. The number of carbonyl (C=O) groups is 1. The molecule has 2 atom stereocenters. The van der Waals surface area contributed by atoms with Crippen molar-refractivity contribution in [2.24, 2.45) is 24.8 Å². The van der Waals surface area contributed by atoms with Gasteiger partial charge in [0.25, 0.3) is 5.91 Å². The molecular weight excluding hydrogens is 368 g/mol. The van der Waals surface area contributed by atoms with E-state index in [-0.39, 0.29) is 5.56 Å². The summed E-state index contributed by atoms with van der Waals surface area (Å²) < 4.78 is 2.26. The summed E-state index contributed by atoms with van der Waals surface area (Å²) in [7, 11) is 2.12. The van der Waals surface area contributed by atoms with E-state index in [4.69, 9.17) is 5.21 Å². The van der Waals surface area contributed by atoms with Gasteiger partial charge < -0.3 is 14.8 Å². The van der Waals surface area contributed by atoms with Gasteiger partial charge in [-0.25, -0.2) is 15.4 Å². The Kier molecular flexibility index (Phi) is 4.44. The number of amides is 1. The Balaban J connectivity index is 1.12. The number of nitrogens with zero attached hydrogens (tertiary/aromatic N) is 4. The lowest BCUT2D eigenvalue weighted by molar-refractivity contribution is 0.0705. The molecule has 2 unspecified atom stereocenters. The quantitative estimate of drug-likeness (QED) is 0.435. The molecule has 0 bridgehead atoms. The van der Waals surface area contributed by atoms with Gasteiger partial charge in [-0.1, -0.05) is 18.2 Å². The second-order valence-electron chi connectivity index (χ2n) is 7.99. The second kappa shape index (κ2) is 7.13. The number of aromatic nitrogens is 3. The van der Waals surface area contributed by atoms with E-state index in [0.29, 0.717) is 23.7 Å². The Morgan fingerprint density at radius 3 is 2.62 bits per heavy atom. The normalized spacial score (nSPS) is 22.7. The summed E-state index contributed by atoms with van der Waals surface area (Å²) in [6, 6.07) is 10.7. The monoisotopic (exact) mass is 392 g/mol. The molecule has 0 radical (unpaired) electrons. The number of anilines is 1. The van der Waals surface area contributed by atoms with Crippen molar-refractivity contribution in [1.29, 1.82) is 0 Å². The molecule has 0 spiro atoms. The predicted molar refractivity (Wildman–Crippen MR) is 109 cm³/mol. The number of para-hydroxylation sites is 1. The molecular formula is C21H24N6O2. The summed E-state index contributed by atoms with van der Waals surface area (Å²) in [6.07, 6.45) is 2.89. The van der Waals surface area contributed by atoms with Gasteiger partial charge in [0.05, 0.1) is 5.56 Å². The summed E-state index contributed by atoms with van der Waals surface area (Å²) >= 11 is 0. The maximum absolute atomic E-state index is 11.4. The van der Waals surface area contributed by atoms with Gasteiger partial charge in [0.15, 0.2) is 0 Å². The fourth-order valence-electron chi connectivity index (χ4n) is 4.66. The molecule has 2 aliphatic rings. The van der Waals surface area contributed by atoms with Crippen LogP contribution in [0.5, 0.6) is 0 Å². The lowest BCUT2D eigenvalue weighted by Gasteiger charge is -2.19. The van der Waals surface area contributed by atoms with Crippen molar-refractivity contribution >= 4 is 22.8 Å². The Hall–Kier alpha value is -2.97. The number of fused-ring (bicyclic) bond motifs is 2. The first kappa shape index (κ1) is 18.1. The summed E-state index contributed by atoms with van der Waals surface area (Å²) in [4.78, 5) is 22.1. The van der Waals surface area contributed by atoms with Crippen LogP contribution in [0.3, 0.4) is 0 Å². The molecule has 1 saturated heterocycles. The molecule has 1 aliphatic carbocycles. The molecule has 1 aliphatic heterocycles. The third-order valence-corrected chi connectivity index (χ3v) is 6.39. The minimum atomic E-state index is -0.599. The number of hydrogen-bond donors (Lipinski definition) is 3. The molecule has 1 amide bonds. The highest BCUT2D eigenvalue weighted by atomic mass is 16.5. The van der Waals surface area contributed by atoms with Crippen LogP contribution in [0.25, 0.3) is 10.9 Å². The standard InChI is InChI=1S/C21H24N6O2/c1-26-15(6-13-4-2-3-5-19(13)26)9-22-10-16-17-11-27(12-18(16)17)21-23-7-14(8-24-21)20(28)25-29/h2-8,16-18,22,29H,9-12H2,1H3,(H,25,28). The van der Waals surface area contributed by atoms with Crippen molar-refractivity contribution in [3.8, 4) is 0 Å². The van der Waals surface area contributed by atoms with Gasteiger partial charge in [-0.2, -0.15) is 0 Å². The largest absolute Gasteiger partial charge is 0.346 e. The van der Waals surface area contributed by atoms with Gasteiger partial charge in [0, 0.05) is 50.3 Å². The van der Waals surface area contributed by atoms with Gasteiger partial charge in [0.1, 0.15) is 0 Å². The summed E-state index contributed by atoms with van der Waals surface area (Å²) in [5.41, 5.74) is 4.41.